The Labute approximate surface area is 147 Å². The van der Waals surface area contributed by atoms with Crippen LogP contribution in [0.25, 0.3) is 0 Å². The van der Waals surface area contributed by atoms with Crippen molar-refractivity contribution in [3.63, 3.8) is 0 Å². The lowest BCUT2D eigenvalue weighted by atomic mass is 9.81. The Morgan fingerprint density at radius 2 is 1.79 bits per heavy atom. The number of hydrogen-bond acceptors (Lipinski definition) is 2. The van der Waals surface area contributed by atoms with E-state index in [9.17, 15) is 18.0 Å². The van der Waals surface area contributed by atoms with Crippen LogP contribution in [0.3, 0.4) is 0 Å². The minimum Gasteiger partial charge on any atom is -0.348 e. The van der Waals surface area contributed by atoms with E-state index in [1.54, 1.807) is 20.0 Å². The number of benzene rings is 1. The molecule has 0 saturated carbocycles. The molecule has 1 aromatic rings. The Morgan fingerprint density at radius 1 is 1.21 bits per heavy atom. The zero-order valence-electron chi connectivity index (χ0n) is 14.6. The molecule has 1 amide bonds. The summed E-state index contributed by atoms with van der Waals surface area (Å²) in [4.78, 5) is 12.3. The summed E-state index contributed by atoms with van der Waals surface area (Å²) < 4.78 is 38.8. The number of rotatable bonds is 5. The Morgan fingerprint density at radius 3 is 2.25 bits per heavy atom. The van der Waals surface area contributed by atoms with Gasteiger partial charge in [0.15, 0.2) is 0 Å². The smallest absolute Gasteiger partial charge is 0.348 e. The summed E-state index contributed by atoms with van der Waals surface area (Å²) in [5, 5.41) is 5.81. The van der Waals surface area contributed by atoms with Gasteiger partial charge >= 0.3 is 6.18 Å². The van der Waals surface area contributed by atoms with Crippen molar-refractivity contribution < 1.29 is 18.0 Å². The lowest BCUT2D eigenvalue weighted by Gasteiger charge is -2.33. The molecule has 0 aliphatic rings. The van der Waals surface area contributed by atoms with Crippen molar-refractivity contribution in [3.8, 4) is 0 Å². The predicted molar refractivity (Wildman–Crippen MR) is 92.1 cm³/mol. The molecule has 0 saturated heterocycles. The number of amides is 1. The van der Waals surface area contributed by atoms with Crippen molar-refractivity contribution >= 4 is 18.3 Å². The standard InChI is InChI=1S/C17H25F3N2O.ClH/c1-11(10-21-5)15(23)22-14(16(2,3)4)12-7-6-8-13(9-12)17(18,19)20;/h6-9,11,14,21H,10H2,1-5H3,(H,22,23);1H. The number of halogens is 4. The van der Waals surface area contributed by atoms with Crippen molar-refractivity contribution in [2.75, 3.05) is 13.6 Å². The zero-order chi connectivity index (χ0) is 17.8. The molecule has 2 atom stereocenters. The topological polar surface area (TPSA) is 41.1 Å². The van der Waals surface area contributed by atoms with Crippen molar-refractivity contribution in [2.45, 2.75) is 39.9 Å². The number of carbonyl (C=O) groups is 1. The average molecular weight is 367 g/mol. The molecule has 0 spiro atoms. The molecule has 0 aromatic heterocycles. The van der Waals surface area contributed by atoms with Crippen LogP contribution in [0.5, 0.6) is 0 Å². The van der Waals surface area contributed by atoms with E-state index in [1.807, 2.05) is 20.8 Å². The molecule has 0 radical (unpaired) electrons. The Hall–Kier alpha value is -1.27. The first-order valence-electron chi connectivity index (χ1n) is 7.59. The van der Waals surface area contributed by atoms with E-state index in [-0.39, 0.29) is 24.2 Å². The third-order valence-electron chi connectivity index (χ3n) is 3.66. The van der Waals surface area contributed by atoms with E-state index in [2.05, 4.69) is 10.6 Å². The highest BCUT2D eigenvalue weighted by atomic mass is 35.5. The lowest BCUT2D eigenvalue weighted by Crippen LogP contribution is -2.41. The summed E-state index contributed by atoms with van der Waals surface area (Å²) in [7, 11) is 1.75. The van der Waals surface area contributed by atoms with Crippen LogP contribution in [0.15, 0.2) is 24.3 Å². The summed E-state index contributed by atoms with van der Waals surface area (Å²) in [6.45, 7) is 7.95. The van der Waals surface area contributed by atoms with Gasteiger partial charge < -0.3 is 10.6 Å². The van der Waals surface area contributed by atoms with Crippen molar-refractivity contribution in [2.24, 2.45) is 11.3 Å². The second-order valence-electron chi connectivity index (χ2n) is 6.89. The number of nitrogens with one attached hydrogen (secondary N) is 2. The molecule has 24 heavy (non-hydrogen) atoms. The SMILES string of the molecule is CNCC(C)C(=O)NC(c1cccc(C(F)(F)F)c1)C(C)(C)C.Cl. The van der Waals surface area contributed by atoms with Crippen LogP contribution in [-0.2, 0) is 11.0 Å². The van der Waals surface area contributed by atoms with Crippen LogP contribution in [0, 0.1) is 11.3 Å². The van der Waals surface area contributed by atoms with Crippen molar-refractivity contribution in [1.29, 1.82) is 0 Å². The molecular weight excluding hydrogens is 341 g/mol. The van der Waals surface area contributed by atoms with Gasteiger partial charge in [0.1, 0.15) is 0 Å². The second-order valence-corrected chi connectivity index (χ2v) is 6.89. The van der Waals surface area contributed by atoms with Crippen LogP contribution in [0.4, 0.5) is 13.2 Å². The van der Waals surface area contributed by atoms with Gasteiger partial charge in [-0.3, -0.25) is 4.79 Å². The van der Waals surface area contributed by atoms with Gasteiger partial charge in [0.05, 0.1) is 11.6 Å². The van der Waals surface area contributed by atoms with Crippen LogP contribution in [0.1, 0.15) is 44.9 Å². The first-order valence-corrected chi connectivity index (χ1v) is 7.59. The third kappa shape index (κ3) is 6.32. The molecule has 2 unspecified atom stereocenters. The van der Waals surface area contributed by atoms with E-state index in [1.165, 1.54) is 6.07 Å². The number of carbonyl (C=O) groups excluding carboxylic acids is 1. The Balaban J connectivity index is 0.00000529. The Kier molecular flexibility index (Phi) is 8.26. The maximum Gasteiger partial charge on any atom is 0.416 e. The summed E-state index contributed by atoms with van der Waals surface area (Å²) in [5.74, 6) is -0.452. The van der Waals surface area contributed by atoms with Gasteiger partial charge in [-0.2, -0.15) is 13.2 Å². The fraction of sp³-hybridized carbons (Fsp3) is 0.588. The summed E-state index contributed by atoms with van der Waals surface area (Å²) in [6.07, 6.45) is -4.40. The molecule has 1 rings (SSSR count). The monoisotopic (exact) mass is 366 g/mol. The molecule has 0 heterocycles. The average Bonchev–Trinajstić information content (AvgIpc) is 2.42. The molecule has 7 heteroatoms. The van der Waals surface area contributed by atoms with Crippen molar-refractivity contribution in [1.82, 2.24) is 10.6 Å². The van der Waals surface area contributed by atoms with E-state index in [0.717, 1.165) is 12.1 Å². The van der Waals surface area contributed by atoms with E-state index in [4.69, 9.17) is 0 Å². The first-order chi connectivity index (χ1) is 10.5. The quantitative estimate of drug-likeness (QED) is 0.820. The van der Waals surface area contributed by atoms with E-state index in [0.29, 0.717) is 12.1 Å². The molecule has 0 fully saturated rings. The molecule has 0 bridgehead atoms. The maximum absolute atomic E-state index is 12.9. The van der Waals surface area contributed by atoms with Gasteiger partial charge in [0.25, 0.3) is 0 Å². The molecule has 1 aromatic carbocycles. The molecule has 0 aliphatic carbocycles. The summed E-state index contributed by atoms with van der Waals surface area (Å²) in [6, 6.07) is 4.64. The van der Waals surface area contributed by atoms with Crippen LogP contribution < -0.4 is 10.6 Å². The summed E-state index contributed by atoms with van der Waals surface area (Å²) >= 11 is 0. The predicted octanol–water partition coefficient (Wildman–Crippen LogP) is 4.19. The largest absolute Gasteiger partial charge is 0.416 e. The lowest BCUT2D eigenvalue weighted by molar-refractivity contribution is -0.137. The van der Waals surface area contributed by atoms with Crippen LogP contribution in [-0.4, -0.2) is 19.5 Å². The maximum atomic E-state index is 12.9. The highest BCUT2D eigenvalue weighted by Gasteiger charge is 2.33. The Bertz CT molecular complexity index is 541. The van der Waals surface area contributed by atoms with Gasteiger partial charge in [0.2, 0.25) is 5.91 Å². The number of hydrogen-bond donors (Lipinski definition) is 2. The van der Waals surface area contributed by atoms with Gasteiger partial charge in [-0.15, -0.1) is 12.4 Å². The normalized spacial score (nSPS) is 14.5. The van der Waals surface area contributed by atoms with Gasteiger partial charge in [-0.1, -0.05) is 39.8 Å². The molecular formula is C17H26ClF3N2O. The highest BCUT2D eigenvalue weighted by Crippen LogP contribution is 2.36. The van der Waals surface area contributed by atoms with E-state index >= 15 is 0 Å². The fourth-order valence-corrected chi connectivity index (χ4v) is 2.38. The first kappa shape index (κ1) is 22.7. The second kappa shape index (κ2) is 8.72. The third-order valence-corrected chi connectivity index (χ3v) is 3.66. The van der Waals surface area contributed by atoms with Crippen LogP contribution in [0.2, 0.25) is 0 Å². The minimum atomic E-state index is -4.40. The van der Waals surface area contributed by atoms with E-state index < -0.39 is 23.2 Å². The molecule has 2 N–H and O–H groups in total. The molecule has 138 valence electrons. The number of alkyl halides is 3. The zero-order valence-corrected chi connectivity index (χ0v) is 15.4. The van der Waals surface area contributed by atoms with Crippen molar-refractivity contribution in [3.05, 3.63) is 35.4 Å². The highest BCUT2D eigenvalue weighted by molar-refractivity contribution is 5.85. The van der Waals surface area contributed by atoms with Gasteiger partial charge in [-0.25, -0.2) is 0 Å². The fourth-order valence-electron chi connectivity index (χ4n) is 2.38. The van der Waals surface area contributed by atoms with Crippen LogP contribution >= 0.6 is 12.4 Å². The molecule has 3 nitrogen and oxygen atoms in total. The van der Waals surface area contributed by atoms with Gasteiger partial charge in [0, 0.05) is 12.5 Å². The molecule has 0 aliphatic heterocycles. The summed E-state index contributed by atoms with van der Waals surface area (Å²) in [5.41, 5.74) is -0.668. The van der Waals surface area contributed by atoms with Gasteiger partial charge in [-0.05, 0) is 30.2 Å². The minimum absolute atomic E-state index is 0.